The highest BCUT2D eigenvalue weighted by molar-refractivity contribution is 5.79. The van der Waals surface area contributed by atoms with E-state index in [1.54, 1.807) is 0 Å². The number of nitrogens with zero attached hydrogens (tertiary/aromatic N) is 1. The molecule has 0 aromatic carbocycles. The Morgan fingerprint density at radius 1 is 1.12 bits per heavy atom. The lowest BCUT2D eigenvalue weighted by Gasteiger charge is -2.31. The van der Waals surface area contributed by atoms with Gasteiger partial charge in [0.05, 0.1) is 6.54 Å². The van der Waals surface area contributed by atoms with Crippen LogP contribution >= 0.6 is 0 Å². The second-order valence-corrected chi connectivity index (χ2v) is 6.06. The molecule has 1 aliphatic heterocycles. The number of carbonyl (C=O) groups is 1. The first-order chi connectivity index (χ1) is 8.34. The van der Waals surface area contributed by atoms with Gasteiger partial charge in [-0.15, -0.1) is 0 Å². The van der Waals surface area contributed by atoms with E-state index < -0.39 is 0 Å². The number of rotatable bonds is 4. The number of fused-ring (bicyclic) bond motifs is 1. The minimum atomic E-state index is 0.347. The average molecular weight is 236 g/mol. The van der Waals surface area contributed by atoms with Crippen LogP contribution in [0.3, 0.4) is 0 Å². The Kier molecular flexibility index (Phi) is 3.37. The first-order valence-electron chi connectivity index (χ1n) is 7.35. The predicted octanol–water partition coefficient (Wildman–Crippen LogP) is 1.78. The van der Waals surface area contributed by atoms with E-state index in [2.05, 4.69) is 10.2 Å². The largest absolute Gasteiger partial charge is 0.338 e. The van der Waals surface area contributed by atoms with Crippen molar-refractivity contribution in [1.82, 2.24) is 10.2 Å². The average Bonchev–Trinajstić information content (AvgIpc) is 3.07. The highest BCUT2D eigenvalue weighted by Crippen LogP contribution is 2.36. The summed E-state index contributed by atoms with van der Waals surface area (Å²) in [6, 6.07) is 0.582. The van der Waals surface area contributed by atoms with Gasteiger partial charge in [0.1, 0.15) is 0 Å². The van der Waals surface area contributed by atoms with Crippen LogP contribution in [0.25, 0.3) is 0 Å². The zero-order chi connectivity index (χ0) is 11.7. The molecular formula is C14H24N2O. The number of hydrogen-bond acceptors (Lipinski definition) is 2. The summed E-state index contributed by atoms with van der Waals surface area (Å²) in [5, 5.41) is 3.33. The molecule has 3 aliphatic rings. The Bertz CT molecular complexity index is 288. The SMILES string of the molecule is O=C(CNCC1CC1)N1CCC2CCCCC21. The molecule has 0 bridgehead atoms. The minimum absolute atomic E-state index is 0.347. The van der Waals surface area contributed by atoms with Crippen molar-refractivity contribution >= 4 is 5.91 Å². The molecule has 0 aromatic rings. The lowest BCUT2D eigenvalue weighted by Crippen LogP contribution is -2.43. The van der Waals surface area contributed by atoms with Crippen molar-refractivity contribution in [3.8, 4) is 0 Å². The van der Waals surface area contributed by atoms with Gasteiger partial charge in [-0.05, 0) is 50.5 Å². The molecule has 3 nitrogen and oxygen atoms in total. The maximum atomic E-state index is 12.2. The highest BCUT2D eigenvalue weighted by atomic mass is 16.2. The van der Waals surface area contributed by atoms with E-state index in [0.29, 0.717) is 18.5 Å². The molecule has 0 spiro atoms. The van der Waals surface area contributed by atoms with Gasteiger partial charge in [0.25, 0.3) is 0 Å². The zero-order valence-electron chi connectivity index (χ0n) is 10.7. The quantitative estimate of drug-likeness (QED) is 0.807. The second kappa shape index (κ2) is 4.97. The molecule has 3 fully saturated rings. The molecule has 1 N–H and O–H groups in total. The molecule has 3 heteroatoms. The molecule has 96 valence electrons. The van der Waals surface area contributed by atoms with Crippen LogP contribution in [-0.4, -0.2) is 36.5 Å². The van der Waals surface area contributed by atoms with Crippen molar-refractivity contribution < 1.29 is 4.79 Å². The van der Waals surface area contributed by atoms with Crippen molar-refractivity contribution in [3.05, 3.63) is 0 Å². The third-order valence-electron chi connectivity index (χ3n) is 4.74. The standard InChI is InChI=1S/C14H24N2O/c17-14(10-15-9-11-5-6-11)16-8-7-12-3-1-2-4-13(12)16/h11-13,15H,1-10H2. The summed E-state index contributed by atoms with van der Waals surface area (Å²) in [5.74, 6) is 2.03. The minimum Gasteiger partial charge on any atom is -0.338 e. The van der Waals surface area contributed by atoms with Crippen LogP contribution in [0.2, 0.25) is 0 Å². The van der Waals surface area contributed by atoms with E-state index in [-0.39, 0.29) is 0 Å². The zero-order valence-corrected chi connectivity index (χ0v) is 10.7. The molecule has 0 radical (unpaired) electrons. The molecule has 1 saturated heterocycles. The van der Waals surface area contributed by atoms with Crippen LogP contribution in [0.4, 0.5) is 0 Å². The number of hydrogen-bond donors (Lipinski definition) is 1. The fraction of sp³-hybridized carbons (Fsp3) is 0.929. The Morgan fingerprint density at radius 2 is 1.94 bits per heavy atom. The summed E-state index contributed by atoms with van der Waals surface area (Å²) in [6.45, 7) is 2.63. The number of likely N-dealkylation sites (tertiary alicyclic amines) is 1. The summed E-state index contributed by atoms with van der Waals surface area (Å²) >= 11 is 0. The molecular weight excluding hydrogens is 212 g/mol. The smallest absolute Gasteiger partial charge is 0.236 e. The monoisotopic (exact) mass is 236 g/mol. The first kappa shape index (κ1) is 11.5. The summed E-state index contributed by atoms with van der Waals surface area (Å²) in [7, 11) is 0. The van der Waals surface area contributed by atoms with E-state index in [4.69, 9.17) is 0 Å². The fourth-order valence-corrected chi connectivity index (χ4v) is 3.52. The number of nitrogens with one attached hydrogen (secondary N) is 1. The predicted molar refractivity (Wildman–Crippen MR) is 67.7 cm³/mol. The second-order valence-electron chi connectivity index (χ2n) is 6.06. The Labute approximate surface area is 104 Å². The van der Waals surface area contributed by atoms with Gasteiger partial charge in [-0.25, -0.2) is 0 Å². The molecule has 0 aromatic heterocycles. The molecule has 1 amide bonds. The van der Waals surface area contributed by atoms with E-state index in [1.165, 1.54) is 44.9 Å². The highest BCUT2D eigenvalue weighted by Gasteiger charge is 2.37. The van der Waals surface area contributed by atoms with Crippen LogP contribution in [0, 0.1) is 11.8 Å². The van der Waals surface area contributed by atoms with Gasteiger partial charge in [0.2, 0.25) is 5.91 Å². The van der Waals surface area contributed by atoms with Crippen molar-refractivity contribution in [2.24, 2.45) is 11.8 Å². The van der Waals surface area contributed by atoms with Gasteiger partial charge in [0, 0.05) is 12.6 Å². The molecule has 2 aliphatic carbocycles. The molecule has 2 saturated carbocycles. The van der Waals surface area contributed by atoms with Gasteiger partial charge in [-0.3, -0.25) is 4.79 Å². The molecule has 1 heterocycles. The fourth-order valence-electron chi connectivity index (χ4n) is 3.52. The first-order valence-corrected chi connectivity index (χ1v) is 7.35. The maximum Gasteiger partial charge on any atom is 0.236 e. The molecule has 17 heavy (non-hydrogen) atoms. The van der Waals surface area contributed by atoms with Gasteiger partial charge >= 0.3 is 0 Å². The van der Waals surface area contributed by atoms with Crippen LogP contribution in [0.5, 0.6) is 0 Å². The van der Waals surface area contributed by atoms with E-state index in [1.807, 2.05) is 0 Å². The van der Waals surface area contributed by atoms with Gasteiger partial charge in [-0.1, -0.05) is 12.8 Å². The summed E-state index contributed by atoms with van der Waals surface area (Å²) in [5.41, 5.74) is 0. The van der Waals surface area contributed by atoms with Crippen molar-refractivity contribution in [3.63, 3.8) is 0 Å². The number of carbonyl (C=O) groups excluding carboxylic acids is 1. The van der Waals surface area contributed by atoms with Gasteiger partial charge < -0.3 is 10.2 Å². The van der Waals surface area contributed by atoms with Crippen molar-refractivity contribution in [2.45, 2.75) is 51.0 Å². The normalized spacial score (nSPS) is 32.6. The van der Waals surface area contributed by atoms with E-state index >= 15 is 0 Å². The van der Waals surface area contributed by atoms with Crippen molar-refractivity contribution in [1.29, 1.82) is 0 Å². The number of amides is 1. The lowest BCUT2D eigenvalue weighted by molar-refractivity contribution is -0.131. The summed E-state index contributed by atoms with van der Waals surface area (Å²) in [6.07, 6.45) is 9.26. The summed E-state index contributed by atoms with van der Waals surface area (Å²) in [4.78, 5) is 14.3. The van der Waals surface area contributed by atoms with E-state index in [0.717, 1.165) is 24.9 Å². The third-order valence-corrected chi connectivity index (χ3v) is 4.74. The maximum absolute atomic E-state index is 12.2. The topological polar surface area (TPSA) is 32.3 Å². The Morgan fingerprint density at radius 3 is 2.76 bits per heavy atom. The van der Waals surface area contributed by atoms with Crippen LogP contribution < -0.4 is 5.32 Å². The molecule has 3 rings (SSSR count). The Hall–Kier alpha value is -0.570. The third kappa shape index (κ3) is 2.65. The molecule has 2 unspecified atom stereocenters. The lowest BCUT2D eigenvalue weighted by atomic mass is 9.85. The van der Waals surface area contributed by atoms with Crippen LogP contribution in [0.1, 0.15) is 44.9 Å². The Balaban J connectivity index is 1.47. The van der Waals surface area contributed by atoms with E-state index in [9.17, 15) is 4.79 Å². The van der Waals surface area contributed by atoms with Gasteiger partial charge in [-0.2, -0.15) is 0 Å². The summed E-state index contributed by atoms with van der Waals surface area (Å²) < 4.78 is 0. The molecule has 2 atom stereocenters. The van der Waals surface area contributed by atoms with Crippen LogP contribution in [0.15, 0.2) is 0 Å². The van der Waals surface area contributed by atoms with Crippen LogP contribution in [-0.2, 0) is 4.79 Å². The van der Waals surface area contributed by atoms with Crippen molar-refractivity contribution in [2.75, 3.05) is 19.6 Å². The van der Waals surface area contributed by atoms with Gasteiger partial charge in [0.15, 0.2) is 0 Å².